The van der Waals surface area contributed by atoms with Crippen molar-refractivity contribution in [3.05, 3.63) is 29.7 Å². The fourth-order valence-corrected chi connectivity index (χ4v) is 1.35. The number of hydrogen-bond acceptors (Lipinski definition) is 3. The Kier molecular flexibility index (Phi) is 2.11. The van der Waals surface area contributed by atoms with E-state index < -0.39 is 11.9 Å². The Morgan fingerprint density at radius 1 is 1.40 bits per heavy atom. The standard InChI is InChI=1S/C8H7F3N4/c9-8(10,11)6-5(4-12)7-13-2-1-3-15(7)14-6/h1-3H,4,12H2. The summed E-state index contributed by atoms with van der Waals surface area (Å²) in [7, 11) is 0. The molecule has 0 saturated carbocycles. The van der Waals surface area contributed by atoms with E-state index in [1.807, 2.05) is 0 Å². The first-order valence-electron chi connectivity index (χ1n) is 4.13. The Morgan fingerprint density at radius 3 is 2.73 bits per heavy atom. The predicted molar refractivity (Wildman–Crippen MR) is 45.9 cm³/mol. The van der Waals surface area contributed by atoms with Gasteiger partial charge in [-0.3, -0.25) is 0 Å². The summed E-state index contributed by atoms with van der Waals surface area (Å²) < 4.78 is 38.6. The van der Waals surface area contributed by atoms with Gasteiger partial charge in [-0.05, 0) is 6.07 Å². The molecule has 2 aromatic rings. The number of aromatic nitrogens is 3. The number of nitrogens with two attached hydrogens (primary N) is 1. The van der Waals surface area contributed by atoms with Gasteiger partial charge in [-0.2, -0.15) is 18.3 Å². The van der Waals surface area contributed by atoms with Crippen molar-refractivity contribution < 1.29 is 13.2 Å². The zero-order valence-corrected chi connectivity index (χ0v) is 7.49. The van der Waals surface area contributed by atoms with Gasteiger partial charge >= 0.3 is 6.18 Å². The van der Waals surface area contributed by atoms with Crippen LogP contribution in [0.3, 0.4) is 0 Å². The second-order valence-electron chi connectivity index (χ2n) is 2.92. The van der Waals surface area contributed by atoms with E-state index in [9.17, 15) is 13.2 Å². The lowest BCUT2D eigenvalue weighted by atomic mass is 10.2. The first-order chi connectivity index (χ1) is 7.04. The van der Waals surface area contributed by atoms with Crippen molar-refractivity contribution in [2.75, 3.05) is 0 Å². The summed E-state index contributed by atoms with van der Waals surface area (Å²) in [6, 6.07) is 1.50. The third kappa shape index (κ3) is 1.54. The quantitative estimate of drug-likeness (QED) is 0.779. The molecule has 4 nitrogen and oxygen atoms in total. The van der Waals surface area contributed by atoms with Crippen LogP contribution < -0.4 is 5.73 Å². The van der Waals surface area contributed by atoms with Gasteiger partial charge < -0.3 is 5.73 Å². The summed E-state index contributed by atoms with van der Waals surface area (Å²) in [4.78, 5) is 3.81. The van der Waals surface area contributed by atoms with Crippen LogP contribution in [0.15, 0.2) is 18.5 Å². The van der Waals surface area contributed by atoms with Gasteiger partial charge in [0.1, 0.15) is 0 Å². The smallest absolute Gasteiger partial charge is 0.326 e. The first kappa shape index (κ1) is 9.91. The van der Waals surface area contributed by atoms with Crippen LogP contribution in [0.1, 0.15) is 11.3 Å². The zero-order valence-electron chi connectivity index (χ0n) is 7.49. The molecular weight excluding hydrogens is 209 g/mol. The number of fused-ring (bicyclic) bond motifs is 1. The Bertz CT molecular complexity index is 488. The maximum atomic E-state index is 12.5. The number of alkyl halides is 3. The molecule has 0 atom stereocenters. The Balaban J connectivity index is 2.75. The topological polar surface area (TPSA) is 56.2 Å². The molecule has 0 aliphatic carbocycles. The molecule has 0 aromatic carbocycles. The lowest BCUT2D eigenvalue weighted by Gasteiger charge is -2.03. The SMILES string of the molecule is NCc1c(C(F)(F)F)nn2cccnc12. The number of halogens is 3. The van der Waals surface area contributed by atoms with E-state index >= 15 is 0 Å². The van der Waals surface area contributed by atoms with Crippen molar-refractivity contribution in [3.63, 3.8) is 0 Å². The third-order valence-electron chi connectivity index (χ3n) is 1.96. The molecule has 80 valence electrons. The highest BCUT2D eigenvalue weighted by Gasteiger charge is 2.37. The minimum atomic E-state index is -4.50. The molecule has 15 heavy (non-hydrogen) atoms. The molecule has 7 heteroatoms. The molecule has 2 heterocycles. The average molecular weight is 216 g/mol. The highest BCUT2D eigenvalue weighted by Crippen LogP contribution is 2.31. The van der Waals surface area contributed by atoms with E-state index in [1.165, 1.54) is 18.5 Å². The molecule has 2 aromatic heterocycles. The summed E-state index contributed by atoms with van der Waals surface area (Å²) in [6.07, 6.45) is -1.70. The minimum absolute atomic E-state index is 0.0805. The molecule has 0 bridgehead atoms. The molecule has 0 radical (unpaired) electrons. The molecule has 0 unspecified atom stereocenters. The van der Waals surface area contributed by atoms with Crippen LogP contribution >= 0.6 is 0 Å². The van der Waals surface area contributed by atoms with Gasteiger partial charge in [0.15, 0.2) is 11.3 Å². The van der Waals surface area contributed by atoms with E-state index in [-0.39, 0.29) is 17.8 Å². The van der Waals surface area contributed by atoms with Crippen molar-refractivity contribution in [2.45, 2.75) is 12.7 Å². The van der Waals surface area contributed by atoms with Gasteiger partial charge in [0.25, 0.3) is 0 Å². The lowest BCUT2D eigenvalue weighted by Crippen LogP contribution is -2.11. The predicted octanol–water partition coefficient (Wildman–Crippen LogP) is 1.21. The van der Waals surface area contributed by atoms with Gasteiger partial charge in [-0.1, -0.05) is 0 Å². The lowest BCUT2D eigenvalue weighted by molar-refractivity contribution is -0.141. The summed E-state index contributed by atoms with van der Waals surface area (Å²) in [6.45, 7) is -0.241. The van der Waals surface area contributed by atoms with Crippen LogP contribution in [0.4, 0.5) is 13.2 Å². The van der Waals surface area contributed by atoms with Crippen molar-refractivity contribution in [2.24, 2.45) is 5.73 Å². The Labute approximate surface area is 82.5 Å². The van der Waals surface area contributed by atoms with Crippen LogP contribution in [0, 0.1) is 0 Å². The molecule has 0 fully saturated rings. The van der Waals surface area contributed by atoms with Crippen molar-refractivity contribution >= 4 is 5.65 Å². The summed E-state index contributed by atoms with van der Waals surface area (Å²) in [5.41, 5.74) is 4.36. The van der Waals surface area contributed by atoms with Crippen LogP contribution in [0.5, 0.6) is 0 Å². The molecular formula is C8H7F3N4. The van der Waals surface area contributed by atoms with Gasteiger partial charge in [0.05, 0.1) is 0 Å². The number of hydrogen-bond donors (Lipinski definition) is 1. The first-order valence-corrected chi connectivity index (χ1v) is 4.13. The highest BCUT2D eigenvalue weighted by atomic mass is 19.4. The van der Waals surface area contributed by atoms with E-state index in [1.54, 1.807) is 0 Å². The molecule has 0 spiro atoms. The second-order valence-corrected chi connectivity index (χ2v) is 2.92. The van der Waals surface area contributed by atoms with Crippen molar-refractivity contribution in [1.82, 2.24) is 14.6 Å². The summed E-state index contributed by atoms with van der Waals surface area (Å²) >= 11 is 0. The fraction of sp³-hybridized carbons (Fsp3) is 0.250. The average Bonchev–Trinajstić information content (AvgIpc) is 2.55. The fourth-order valence-electron chi connectivity index (χ4n) is 1.35. The zero-order chi connectivity index (χ0) is 11.1. The summed E-state index contributed by atoms with van der Waals surface area (Å²) in [5.74, 6) is 0. The van der Waals surface area contributed by atoms with Gasteiger partial charge in [-0.15, -0.1) is 0 Å². The van der Waals surface area contributed by atoms with Crippen LogP contribution in [0.25, 0.3) is 5.65 Å². The van der Waals surface area contributed by atoms with Crippen LogP contribution in [0.2, 0.25) is 0 Å². The number of nitrogens with zero attached hydrogens (tertiary/aromatic N) is 3. The normalized spacial score (nSPS) is 12.3. The van der Waals surface area contributed by atoms with Gasteiger partial charge in [-0.25, -0.2) is 9.50 Å². The Hall–Kier alpha value is -1.63. The van der Waals surface area contributed by atoms with E-state index in [2.05, 4.69) is 10.1 Å². The Morgan fingerprint density at radius 2 is 2.13 bits per heavy atom. The van der Waals surface area contributed by atoms with Crippen molar-refractivity contribution in [3.8, 4) is 0 Å². The largest absolute Gasteiger partial charge is 0.435 e. The molecule has 2 rings (SSSR count). The monoisotopic (exact) mass is 216 g/mol. The van der Waals surface area contributed by atoms with E-state index in [0.29, 0.717) is 0 Å². The summed E-state index contributed by atoms with van der Waals surface area (Å²) in [5, 5.41) is 3.40. The van der Waals surface area contributed by atoms with Gasteiger partial charge in [0.2, 0.25) is 0 Å². The minimum Gasteiger partial charge on any atom is -0.326 e. The maximum absolute atomic E-state index is 12.5. The molecule has 0 amide bonds. The highest BCUT2D eigenvalue weighted by molar-refractivity contribution is 5.50. The third-order valence-corrected chi connectivity index (χ3v) is 1.96. The second kappa shape index (κ2) is 3.20. The molecule has 2 N–H and O–H groups in total. The van der Waals surface area contributed by atoms with Crippen LogP contribution in [-0.2, 0) is 12.7 Å². The maximum Gasteiger partial charge on any atom is 0.435 e. The van der Waals surface area contributed by atoms with Crippen molar-refractivity contribution in [1.29, 1.82) is 0 Å². The number of rotatable bonds is 1. The molecule has 0 saturated heterocycles. The van der Waals surface area contributed by atoms with Crippen LogP contribution in [-0.4, -0.2) is 14.6 Å². The molecule has 0 aliphatic heterocycles. The van der Waals surface area contributed by atoms with E-state index in [4.69, 9.17) is 5.73 Å². The molecule has 0 aliphatic rings. The van der Waals surface area contributed by atoms with Gasteiger partial charge in [0, 0.05) is 24.5 Å². The van der Waals surface area contributed by atoms with E-state index in [0.717, 1.165) is 4.52 Å².